The van der Waals surface area contributed by atoms with Gasteiger partial charge < -0.3 is 9.47 Å². The van der Waals surface area contributed by atoms with Crippen molar-refractivity contribution in [3.63, 3.8) is 0 Å². The van der Waals surface area contributed by atoms with Crippen molar-refractivity contribution in [3.05, 3.63) is 63.7 Å². The third-order valence-electron chi connectivity index (χ3n) is 3.82. The van der Waals surface area contributed by atoms with Gasteiger partial charge in [-0.2, -0.15) is 5.10 Å². The number of carbonyl (C=O) groups is 1. The van der Waals surface area contributed by atoms with E-state index in [1.165, 1.54) is 24.3 Å². The van der Waals surface area contributed by atoms with Gasteiger partial charge in [-0.3, -0.25) is 14.9 Å². The molecule has 0 radical (unpaired) electrons. The fourth-order valence-electron chi connectivity index (χ4n) is 2.51. The molecule has 134 valence electrons. The molecule has 26 heavy (non-hydrogen) atoms. The van der Waals surface area contributed by atoms with Crippen LogP contribution in [-0.2, 0) is 0 Å². The number of benzene rings is 2. The maximum atomic E-state index is 12.2. The normalized spacial score (nSPS) is 13.2. The van der Waals surface area contributed by atoms with Gasteiger partial charge in [-0.05, 0) is 30.7 Å². The Morgan fingerprint density at radius 3 is 2.65 bits per heavy atom. The molecule has 0 aliphatic carbocycles. The van der Waals surface area contributed by atoms with E-state index in [0.717, 1.165) is 5.56 Å². The third kappa shape index (κ3) is 3.80. The van der Waals surface area contributed by atoms with Crippen LogP contribution in [0.1, 0.15) is 29.3 Å². The Hall–Kier alpha value is -3.42. The van der Waals surface area contributed by atoms with Crippen molar-refractivity contribution in [1.82, 2.24) is 5.43 Å². The van der Waals surface area contributed by atoms with Crippen LogP contribution in [0.4, 0.5) is 5.69 Å². The van der Waals surface area contributed by atoms with Gasteiger partial charge in [-0.15, -0.1) is 0 Å². The summed E-state index contributed by atoms with van der Waals surface area (Å²) in [6.07, 6.45) is 0.578. The molecule has 0 saturated heterocycles. The van der Waals surface area contributed by atoms with Crippen molar-refractivity contribution < 1.29 is 19.2 Å². The van der Waals surface area contributed by atoms with Crippen LogP contribution in [0.5, 0.6) is 11.5 Å². The van der Waals surface area contributed by atoms with Gasteiger partial charge in [0.2, 0.25) is 0 Å². The fraction of sp³-hybridized carbons (Fsp3) is 0.222. The van der Waals surface area contributed by atoms with Gasteiger partial charge in [0.1, 0.15) is 13.2 Å². The highest BCUT2D eigenvalue weighted by Gasteiger charge is 2.15. The third-order valence-corrected chi connectivity index (χ3v) is 3.82. The van der Waals surface area contributed by atoms with E-state index in [4.69, 9.17) is 9.47 Å². The molecule has 3 rings (SSSR count). The molecule has 0 bridgehead atoms. The summed E-state index contributed by atoms with van der Waals surface area (Å²) in [6.45, 7) is 2.91. The highest BCUT2D eigenvalue weighted by molar-refractivity contribution is 6.02. The number of ether oxygens (including phenoxy) is 2. The summed E-state index contributed by atoms with van der Waals surface area (Å²) in [5.74, 6) is 0.799. The largest absolute Gasteiger partial charge is 0.486 e. The predicted octanol–water partition coefficient (Wildman–Crippen LogP) is 2.91. The first-order valence-corrected chi connectivity index (χ1v) is 8.10. The monoisotopic (exact) mass is 355 g/mol. The van der Waals surface area contributed by atoms with E-state index in [2.05, 4.69) is 10.5 Å². The van der Waals surface area contributed by atoms with Crippen LogP contribution >= 0.6 is 0 Å². The molecule has 0 atom stereocenters. The molecular formula is C18H17N3O5. The van der Waals surface area contributed by atoms with E-state index < -0.39 is 10.8 Å². The van der Waals surface area contributed by atoms with Gasteiger partial charge in [-0.1, -0.05) is 13.0 Å². The second-order valence-electron chi connectivity index (χ2n) is 5.52. The molecule has 0 saturated carbocycles. The van der Waals surface area contributed by atoms with Gasteiger partial charge in [-0.25, -0.2) is 5.43 Å². The number of nitro benzene ring substituents is 1. The number of amides is 1. The van der Waals surface area contributed by atoms with Crippen molar-refractivity contribution in [1.29, 1.82) is 0 Å². The SMILES string of the molecule is CCC(=NNC(=O)c1cccc([N+](=O)[O-])c1)c1ccc2c(c1)OCCO2. The number of nitrogens with one attached hydrogen (secondary N) is 1. The number of carbonyl (C=O) groups excluding carboxylic acids is 1. The predicted molar refractivity (Wildman–Crippen MR) is 94.8 cm³/mol. The van der Waals surface area contributed by atoms with E-state index in [1.807, 2.05) is 19.1 Å². The Kier molecular flexibility index (Phi) is 5.12. The summed E-state index contributed by atoms with van der Waals surface area (Å²) in [7, 11) is 0. The van der Waals surface area contributed by atoms with Gasteiger partial charge >= 0.3 is 0 Å². The topological polar surface area (TPSA) is 103 Å². The summed E-state index contributed by atoms with van der Waals surface area (Å²) in [5, 5.41) is 15.0. The van der Waals surface area contributed by atoms with Crippen molar-refractivity contribution in [3.8, 4) is 11.5 Å². The van der Waals surface area contributed by atoms with Crippen molar-refractivity contribution in [2.75, 3.05) is 13.2 Å². The molecule has 1 aliphatic heterocycles. The zero-order valence-corrected chi connectivity index (χ0v) is 14.1. The number of nitro groups is 1. The number of nitrogens with zero attached hydrogens (tertiary/aromatic N) is 2. The standard InChI is InChI=1S/C18H17N3O5/c1-2-15(12-6-7-16-17(11-12)26-9-8-25-16)19-20-18(22)13-4-3-5-14(10-13)21(23)24/h3-7,10-11H,2,8-9H2,1H3,(H,20,22). The first-order chi connectivity index (χ1) is 12.6. The van der Waals surface area contributed by atoms with Crippen LogP contribution in [-0.4, -0.2) is 29.8 Å². The average Bonchev–Trinajstić information content (AvgIpc) is 2.68. The highest BCUT2D eigenvalue weighted by Crippen LogP contribution is 2.31. The first kappa shape index (κ1) is 17.4. The van der Waals surface area contributed by atoms with Crippen LogP contribution in [0.15, 0.2) is 47.6 Å². The van der Waals surface area contributed by atoms with E-state index in [9.17, 15) is 14.9 Å². The van der Waals surface area contributed by atoms with E-state index >= 15 is 0 Å². The number of non-ortho nitro benzene ring substituents is 1. The maximum absolute atomic E-state index is 12.2. The molecule has 1 N–H and O–H groups in total. The lowest BCUT2D eigenvalue weighted by atomic mass is 10.1. The smallest absolute Gasteiger partial charge is 0.271 e. The molecule has 0 unspecified atom stereocenters. The quantitative estimate of drug-likeness (QED) is 0.505. The number of hydrogen-bond donors (Lipinski definition) is 1. The second kappa shape index (κ2) is 7.64. The van der Waals surface area contributed by atoms with Crippen LogP contribution in [0.25, 0.3) is 0 Å². The van der Waals surface area contributed by atoms with Gasteiger partial charge in [0.15, 0.2) is 11.5 Å². The maximum Gasteiger partial charge on any atom is 0.271 e. The number of rotatable bonds is 5. The average molecular weight is 355 g/mol. The zero-order chi connectivity index (χ0) is 18.5. The Morgan fingerprint density at radius 1 is 1.15 bits per heavy atom. The number of hydrogen-bond acceptors (Lipinski definition) is 6. The van der Waals surface area contributed by atoms with Gasteiger partial charge in [0.05, 0.1) is 10.6 Å². The molecule has 8 nitrogen and oxygen atoms in total. The molecule has 1 heterocycles. The molecule has 2 aromatic rings. The van der Waals surface area contributed by atoms with Crippen LogP contribution in [0.2, 0.25) is 0 Å². The zero-order valence-electron chi connectivity index (χ0n) is 14.1. The molecule has 2 aromatic carbocycles. The Morgan fingerprint density at radius 2 is 1.92 bits per heavy atom. The fourth-order valence-corrected chi connectivity index (χ4v) is 2.51. The minimum atomic E-state index is -0.549. The van der Waals surface area contributed by atoms with Crippen molar-refractivity contribution in [2.45, 2.75) is 13.3 Å². The van der Waals surface area contributed by atoms with Crippen LogP contribution in [0, 0.1) is 10.1 Å². The number of hydrazone groups is 1. The minimum absolute atomic E-state index is 0.149. The molecule has 1 amide bonds. The molecular weight excluding hydrogens is 338 g/mol. The summed E-state index contributed by atoms with van der Waals surface area (Å²) in [6, 6.07) is 10.9. The van der Waals surface area contributed by atoms with E-state index in [0.29, 0.717) is 36.8 Å². The Bertz CT molecular complexity index is 879. The molecule has 8 heteroatoms. The lowest BCUT2D eigenvalue weighted by molar-refractivity contribution is -0.384. The summed E-state index contributed by atoms with van der Waals surface area (Å²) in [4.78, 5) is 22.5. The molecule has 0 aromatic heterocycles. The Labute approximate surface area is 149 Å². The lowest BCUT2D eigenvalue weighted by Crippen LogP contribution is -2.20. The highest BCUT2D eigenvalue weighted by atomic mass is 16.6. The molecule has 0 spiro atoms. The second-order valence-corrected chi connectivity index (χ2v) is 5.52. The summed E-state index contributed by atoms with van der Waals surface area (Å²) in [5.41, 5.74) is 3.92. The van der Waals surface area contributed by atoms with Crippen molar-refractivity contribution in [2.24, 2.45) is 5.10 Å². The lowest BCUT2D eigenvalue weighted by Gasteiger charge is -2.19. The minimum Gasteiger partial charge on any atom is -0.486 e. The summed E-state index contributed by atoms with van der Waals surface area (Å²) >= 11 is 0. The number of fused-ring (bicyclic) bond motifs is 1. The van der Waals surface area contributed by atoms with Crippen LogP contribution < -0.4 is 14.9 Å². The molecule has 0 fully saturated rings. The van der Waals surface area contributed by atoms with Gasteiger partial charge in [0, 0.05) is 23.3 Å². The molecule has 1 aliphatic rings. The first-order valence-electron chi connectivity index (χ1n) is 8.10. The Balaban J connectivity index is 1.78. The van der Waals surface area contributed by atoms with Crippen molar-refractivity contribution >= 4 is 17.3 Å². The van der Waals surface area contributed by atoms with E-state index in [1.54, 1.807) is 6.07 Å². The van der Waals surface area contributed by atoms with E-state index in [-0.39, 0.29) is 11.3 Å². The van der Waals surface area contributed by atoms with Crippen LogP contribution in [0.3, 0.4) is 0 Å². The van der Waals surface area contributed by atoms with Gasteiger partial charge in [0.25, 0.3) is 11.6 Å². The summed E-state index contributed by atoms with van der Waals surface area (Å²) < 4.78 is 11.0.